The fourth-order valence-corrected chi connectivity index (χ4v) is 6.53. The number of rotatable bonds is 25. The maximum atomic E-state index is 5.65. The van der Waals surface area contributed by atoms with Crippen molar-refractivity contribution in [3.63, 3.8) is 0 Å². The number of halogens is 1. The lowest BCUT2D eigenvalue weighted by Crippen LogP contribution is -3.00. The lowest BCUT2D eigenvalue weighted by molar-refractivity contribution is -0.910. The molecule has 0 fully saturated rings. The molecule has 0 unspecified atom stereocenters. The van der Waals surface area contributed by atoms with E-state index in [1.807, 2.05) is 0 Å². The van der Waals surface area contributed by atoms with Crippen molar-refractivity contribution in [1.29, 1.82) is 0 Å². The molecule has 0 saturated heterocycles. The fraction of sp³-hybridized carbons (Fsp3) is 1.00. The first-order chi connectivity index (χ1) is 15.5. The predicted molar refractivity (Wildman–Crippen MR) is 142 cm³/mol. The van der Waals surface area contributed by atoms with Gasteiger partial charge in [-0.3, -0.25) is 0 Å². The van der Waals surface area contributed by atoms with Crippen LogP contribution in [0, 0.1) is 0 Å². The number of unbranched alkanes of at least 4 members (excludes halogenated alkanes) is 14. The summed E-state index contributed by atoms with van der Waals surface area (Å²) in [6.07, 6.45) is 23.5. The van der Waals surface area contributed by atoms with Gasteiger partial charge in [0.1, 0.15) is 0 Å². The first-order valence-electron chi connectivity index (χ1n) is 14.0. The maximum absolute atomic E-state index is 5.65. The zero-order chi connectivity index (χ0) is 24.0. The van der Waals surface area contributed by atoms with Gasteiger partial charge in [0.25, 0.3) is 0 Å². The van der Waals surface area contributed by atoms with Crippen molar-refractivity contribution in [1.82, 2.24) is 0 Å². The van der Waals surface area contributed by atoms with Crippen LogP contribution in [0.15, 0.2) is 0 Å². The van der Waals surface area contributed by atoms with Gasteiger partial charge in [-0.2, -0.15) is 0 Å². The largest absolute Gasteiger partial charge is 1.00 e. The molecular formula is C27H60ClNO3Si. The Balaban J connectivity index is 0. The van der Waals surface area contributed by atoms with Gasteiger partial charge in [0.05, 0.1) is 26.7 Å². The second kappa shape index (κ2) is 24.1. The highest BCUT2D eigenvalue weighted by Crippen LogP contribution is 2.20. The molecule has 0 aliphatic carbocycles. The van der Waals surface area contributed by atoms with Crippen molar-refractivity contribution >= 4 is 8.80 Å². The average Bonchev–Trinajstić information content (AvgIpc) is 2.81. The molecule has 0 radical (unpaired) electrons. The molecule has 0 aromatic carbocycles. The summed E-state index contributed by atoms with van der Waals surface area (Å²) in [5.41, 5.74) is 0. The number of quaternary nitrogens is 1. The Morgan fingerprint density at radius 2 is 0.788 bits per heavy atom. The predicted octanol–water partition coefficient (Wildman–Crippen LogP) is 4.99. The molecule has 0 aliphatic heterocycles. The van der Waals surface area contributed by atoms with Crippen LogP contribution in [0.5, 0.6) is 0 Å². The van der Waals surface area contributed by atoms with Gasteiger partial charge in [0, 0.05) is 33.8 Å². The van der Waals surface area contributed by atoms with Crippen LogP contribution in [-0.2, 0) is 13.3 Å². The topological polar surface area (TPSA) is 27.7 Å². The Morgan fingerprint density at radius 3 is 1.12 bits per heavy atom. The SMILES string of the molecule is CCCCCCCCCC[N+](C)(CCCCCCCCCC)CCC[Si](OC)(OC)OC.[Cl-]. The summed E-state index contributed by atoms with van der Waals surface area (Å²) in [5.74, 6) is 0. The molecular weight excluding hydrogens is 450 g/mol. The molecule has 202 valence electrons. The first kappa shape index (κ1) is 35.5. The molecule has 6 heteroatoms. The third kappa shape index (κ3) is 19.2. The summed E-state index contributed by atoms with van der Waals surface area (Å²) in [6.45, 7) is 8.42. The standard InChI is InChI=1S/C27H60NO3Si.ClH/c1-7-9-11-13-15-17-19-21-24-28(3,25-22-20-18-16-14-12-10-8-2)26-23-27-32(29-4,30-5)31-6;/h7-27H2,1-6H3;1H/q+1;/p-1. The van der Waals surface area contributed by atoms with Crippen molar-refractivity contribution in [2.45, 2.75) is 129 Å². The van der Waals surface area contributed by atoms with Crippen molar-refractivity contribution < 1.29 is 30.2 Å². The Kier molecular flexibility index (Phi) is 25.9. The molecule has 0 aliphatic rings. The van der Waals surface area contributed by atoms with Crippen LogP contribution >= 0.6 is 0 Å². The molecule has 0 N–H and O–H groups in total. The van der Waals surface area contributed by atoms with Crippen LogP contribution in [0.25, 0.3) is 0 Å². The summed E-state index contributed by atoms with van der Waals surface area (Å²) in [7, 11) is 5.23. The molecule has 0 rings (SSSR count). The summed E-state index contributed by atoms with van der Waals surface area (Å²) in [6, 6.07) is 0.916. The molecule has 0 aromatic heterocycles. The van der Waals surface area contributed by atoms with E-state index >= 15 is 0 Å². The normalized spacial score (nSPS) is 12.2. The Hall–Kier alpha value is 0.347. The van der Waals surface area contributed by atoms with E-state index in [-0.39, 0.29) is 12.4 Å². The zero-order valence-electron chi connectivity index (χ0n) is 23.4. The molecule has 0 bridgehead atoms. The zero-order valence-corrected chi connectivity index (χ0v) is 25.2. The van der Waals surface area contributed by atoms with E-state index in [2.05, 4.69) is 20.9 Å². The lowest BCUT2D eigenvalue weighted by atomic mass is 10.1. The molecule has 0 amide bonds. The van der Waals surface area contributed by atoms with Gasteiger partial charge < -0.3 is 30.2 Å². The summed E-state index contributed by atoms with van der Waals surface area (Å²) < 4.78 is 18.1. The molecule has 0 aromatic rings. The Labute approximate surface area is 215 Å². The van der Waals surface area contributed by atoms with Crippen LogP contribution in [0.1, 0.15) is 123 Å². The monoisotopic (exact) mass is 509 g/mol. The molecule has 33 heavy (non-hydrogen) atoms. The third-order valence-electron chi connectivity index (χ3n) is 7.22. The molecule has 0 heterocycles. The minimum atomic E-state index is -2.45. The fourth-order valence-electron chi connectivity index (χ4n) is 4.82. The van der Waals surface area contributed by atoms with Crippen LogP contribution in [-0.4, -0.2) is 61.3 Å². The quantitative estimate of drug-likeness (QED) is 0.0985. The minimum Gasteiger partial charge on any atom is -1.00 e. The average molecular weight is 510 g/mol. The van der Waals surface area contributed by atoms with Crippen molar-refractivity contribution in [3.8, 4) is 0 Å². The van der Waals surface area contributed by atoms with Gasteiger partial charge in [-0.05, 0) is 25.7 Å². The van der Waals surface area contributed by atoms with Crippen LogP contribution in [0.2, 0.25) is 6.04 Å². The highest BCUT2D eigenvalue weighted by atomic mass is 35.5. The second-order valence-electron chi connectivity index (χ2n) is 10.1. The van der Waals surface area contributed by atoms with E-state index in [0.717, 1.165) is 12.5 Å². The van der Waals surface area contributed by atoms with Gasteiger partial charge in [0.15, 0.2) is 0 Å². The number of hydrogen-bond acceptors (Lipinski definition) is 3. The molecule has 0 spiro atoms. The molecule has 0 atom stereocenters. The highest BCUT2D eigenvalue weighted by Gasteiger charge is 2.38. The van der Waals surface area contributed by atoms with E-state index in [4.69, 9.17) is 13.3 Å². The van der Waals surface area contributed by atoms with Crippen molar-refractivity contribution in [2.24, 2.45) is 0 Å². The first-order valence-corrected chi connectivity index (χ1v) is 15.9. The van der Waals surface area contributed by atoms with Crippen molar-refractivity contribution in [2.75, 3.05) is 48.0 Å². The van der Waals surface area contributed by atoms with Crippen LogP contribution in [0.4, 0.5) is 0 Å². The Morgan fingerprint density at radius 1 is 0.485 bits per heavy atom. The minimum absolute atomic E-state index is 0. The number of hydrogen-bond donors (Lipinski definition) is 0. The Bertz CT molecular complexity index is 369. The third-order valence-corrected chi connectivity index (χ3v) is 10.0. The van der Waals surface area contributed by atoms with Crippen LogP contribution < -0.4 is 12.4 Å². The van der Waals surface area contributed by atoms with Gasteiger partial charge in [0.2, 0.25) is 0 Å². The smallest absolute Gasteiger partial charge is 0.500 e. The second-order valence-corrected chi connectivity index (χ2v) is 13.2. The van der Waals surface area contributed by atoms with Gasteiger partial charge in [-0.25, -0.2) is 0 Å². The summed E-state index contributed by atoms with van der Waals surface area (Å²) in [5, 5.41) is 0. The van der Waals surface area contributed by atoms with E-state index in [9.17, 15) is 0 Å². The molecule has 0 saturated carbocycles. The van der Waals surface area contributed by atoms with Gasteiger partial charge in [-0.1, -0.05) is 90.9 Å². The summed E-state index contributed by atoms with van der Waals surface area (Å²) >= 11 is 0. The summed E-state index contributed by atoms with van der Waals surface area (Å²) in [4.78, 5) is 0. The van der Waals surface area contributed by atoms with E-state index < -0.39 is 8.80 Å². The number of nitrogens with zero attached hydrogens (tertiary/aromatic N) is 1. The van der Waals surface area contributed by atoms with Crippen LogP contribution in [0.3, 0.4) is 0 Å². The van der Waals surface area contributed by atoms with E-state index in [1.54, 1.807) is 21.3 Å². The van der Waals surface area contributed by atoms with E-state index in [0.29, 0.717) is 0 Å². The molecule has 4 nitrogen and oxygen atoms in total. The lowest BCUT2D eigenvalue weighted by Gasteiger charge is -2.36. The van der Waals surface area contributed by atoms with E-state index in [1.165, 1.54) is 127 Å². The van der Waals surface area contributed by atoms with Crippen molar-refractivity contribution in [3.05, 3.63) is 0 Å². The maximum Gasteiger partial charge on any atom is 0.500 e. The van der Waals surface area contributed by atoms with Gasteiger partial charge in [-0.15, -0.1) is 0 Å². The highest BCUT2D eigenvalue weighted by molar-refractivity contribution is 6.60. The van der Waals surface area contributed by atoms with Gasteiger partial charge >= 0.3 is 8.80 Å².